The van der Waals surface area contributed by atoms with E-state index < -0.39 is 40.8 Å². The maximum absolute atomic E-state index is 12.7. The molecule has 53 heavy (non-hydrogen) atoms. The lowest BCUT2D eigenvalue weighted by Crippen LogP contribution is -2.57. The Morgan fingerprint density at radius 3 is 1.26 bits per heavy atom. The third kappa shape index (κ3) is 11.1. The summed E-state index contributed by atoms with van der Waals surface area (Å²) in [6.07, 6.45) is 10.6. The second-order valence-corrected chi connectivity index (χ2v) is 19.3. The second kappa shape index (κ2) is 16.4. The van der Waals surface area contributed by atoms with Gasteiger partial charge in [0.15, 0.2) is 24.1 Å². The minimum atomic E-state index is -0.618. The Bertz CT molecular complexity index is 1370. The summed E-state index contributed by atoms with van der Waals surface area (Å²) in [7, 11) is 0. The molecule has 1 spiro atoms. The predicted octanol–water partition coefficient (Wildman–Crippen LogP) is 7.37. The molecule has 0 aromatic rings. The Morgan fingerprint density at radius 2 is 0.962 bits per heavy atom. The fourth-order valence-electron chi connectivity index (χ4n) is 7.21. The van der Waals surface area contributed by atoms with E-state index in [4.69, 9.17) is 28.4 Å². The molecule has 0 bridgehead atoms. The summed E-state index contributed by atoms with van der Waals surface area (Å²) in [6.45, 7) is 25.4. The van der Waals surface area contributed by atoms with Gasteiger partial charge in [-0.05, 0) is 46.7 Å². The zero-order valence-corrected chi connectivity index (χ0v) is 34.2. The van der Waals surface area contributed by atoms with Crippen LogP contribution < -0.4 is 0 Å². The number of rotatable bonds is 10. The smallest absolute Gasteiger partial charge is 0.330 e. The van der Waals surface area contributed by atoms with Gasteiger partial charge in [0.2, 0.25) is 0 Å². The number of esters is 2. The van der Waals surface area contributed by atoms with E-state index >= 15 is 0 Å². The molecule has 0 N–H and O–H groups in total. The van der Waals surface area contributed by atoms with Crippen LogP contribution in [0.25, 0.3) is 0 Å². The molecule has 0 saturated carbocycles. The van der Waals surface area contributed by atoms with Crippen molar-refractivity contribution >= 4 is 23.5 Å². The quantitative estimate of drug-likeness (QED) is 0.166. The maximum Gasteiger partial charge on any atom is 0.330 e. The van der Waals surface area contributed by atoms with Gasteiger partial charge in [-0.25, -0.2) is 9.59 Å². The van der Waals surface area contributed by atoms with Gasteiger partial charge in [0.25, 0.3) is 0 Å². The summed E-state index contributed by atoms with van der Waals surface area (Å²) in [6, 6.07) is 0. The van der Waals surface area contributed by atoms with Crippen molar-refractivity contribution in [3.8, 4) is 0 Å². The molecule has 2 aliphatic carbocycles. The van der Waals surface area contributed by atoms with Crippen LogP contribution in [0.15, 0.2) is 47.6 Å². The van der Waals surface area contributed by atoms with Gasteiger partial charge in [0.05, 0.1) is 31.8 Å². The summed E-state index contributed by atoms with van der Waals surface area (Å²) in [5, 5.41) is 0. The average Bonchev–Trinajstić information content (AvgIpc) is 3.06. The SMILES string of the molecule is CC1CC(C=CC(=O)OCC(C)(C)C2OCC3(CO2)COC(C(C)(C)COC(=O)C=CC2C=C(C(C)(C)C)C(=O)C(C)C2)OC3)C=C(C(C)(C)C)C1=O. The highest BCUT2D eigenvalue weighted by molar-refractivity contribution is 5.99. The Labute approximate surface area is 317 Å². The van der Waals surface area contributed by atoms with E-state index in [0.29, 0.717) is 39.3 Å². The first kappa shape index (κ1) is 42.8. The number of Topliss-reactive ketones (excluding diaryl/α,β-unsaturated/α-hetero) is 2. The lowest BCUT2D eigenvalue weighted by molar-refractivity contribution is -0.337. The van der Waals surface area contributed by atoms with Crippen molar-refractivity contribution in [1.82, 2.24) is 0 Å². The highest BCUT2D eigenvalue weighted by atomic mass is 16.7. The molecule has 0 amide bonds. The van der Waals surface area contributed by atoms with Crippen molar-refractivity contribution in [3.05, 3.63) is 47.6 Å². The van der Waals surface area contributed by atoms with Crippen LogP contribution in [0, 0.1) is 50.7 Å². The molecule has 2 heterocycles. The monoisotopic (exact) mass is 740 g/mol. The first-order valence-electron chi connectivity index (χ1n) is 19.1. The van der Waals surface area contributed by atoms with Crippen molar-refractivity contribution in [2.24, 2.45) is 50.7 Å². The first-order chi connectivity index (χ1) is 24.4. The highest BCUT2D eigenvalue weighted by Gasteiger charge is 2.48. The van der Waals surface area contributed by atoms with E-state index in [2.05, 4.69) is 0 Å². The molecule has 4 unspecified atom stereocenters. The Morgan fingerprint density at radius 1 is 0.642 bits per heavy atom. The molecule has 10 nitrogen and oxygen atoms in total. The molecule has 0 aromatic carbocycles. The van der Waals surface area contributed by atoms with Gasteiger partial charge in [0.1, 0.15) is 13.2 Å². The van der Waals surface area contributed by atoms with Gasteiger partial charge in [-0.15, -0.1) is 0 Å². The van der Waals surface area contributed by atoms with Crippen LogP contribution in [0.5, 0.6) is 0 Å². The Hall–Kier alpha value is -2.92. The lowest BCUT2D eigenvalue weighted by atomic mass is 9.73. The first-order valence-corrected chi connectivity index (χ1v) is 19.1. The normalized spacial score (nSPS) is 30.8. The molecule has 4 aliphatic rings. The van der Waals surface area contributed by atoms with Gasteiger partial charge >= 0.3 is 11.9 Å². The fraction of sp³-hybridized carbons (Fsp3) is 0.721. The van der Waals surface area contributed by atoms with Crippen LogP contribution in [0.3, 0.4) is 0 Å². The van der Waals surface area contributed by atoms with Crippen LogP contribution in [0.4, 0.5) is 0 Å². The standard InChI is InChI=1S/C43H64O10/c1-27-17-29(19-31(35(27)46)39(3,4)5)13-15-33(44)48-21-41(9,10)37-50-23-43(24-51-37)25-52-38(53-26-43)42(11,12)22-49-34(45)16-14-30-18-28(2)36(47)32(20-30)40(6,7)8/h13-16,19-20,27-30,37-38H,17-18,21-26H2,1-12H3. The van der Waals surface area contributed by atoms with Crippen molar-refractivity contribution < 1.29 is 47.6 Å². The molecular formula is C43H64O10. The van der Waals surface area contributed by atoms with E-state index in [0.717, 1.165) is 11.1 Å². The molecule has 4 rings (SSSR count). The summed E-state index contributed by atoms with van der Waals surface area (Å²) in [5.74, 6) is -0.749. The van der Waals surface area contributed by atoms with E-state index in [1.807, 2.05) is 107 Å². The summed E-state index contributed by atoms with van der Waals surface area (Å²) in [4.78, 5) is 50.7. The number of hydrogen-bond donors (Lipinski definition) is 0. The summed E-state index contributed by atoms with van der Waals surface area (Å²) in [5.41, 5.74) is -0.618. The number of hydrogen-bond acceptors (Lipinski definition) is 10. The van der Waals surface area contributed by atoms with Crippen molar-refractivity contribution in [2.45, 2.75) is 109 Å². The largest absolute Gasteiger partial charge is 0.462 e. The van der Waals surface area contributed by atoms with Crippen molar-refractivity contribution in [2.75, 3.05) is 39.6 Å². The average molecular weight is 741 g/mol. The van der Waals surface area contributed by atoms with E-state index in [9.17, 15) is 19.2 Å². The molecule has 2 saturated heterocycles. The maximum atomic E-state index is 12.7. The van der Waals surface area contributed by atoms with Crippen LogP contribution in [0.2, 0.25) is 0 Å². The molecule has 2 aliphatic heterocycles. The number of ether oxygens (including phenoxy) is 6. The van der Waals surface area contributed by atoms with Crippen LogP contribution >= 0.6 is 0 Å². The Kier molecular flexibility index (Phi) is 13.3. The summed E-state index contributed by atoms with van der Waals surface area (Å²) < 4.78 is 35.9. The van der Waals surface area contributed by atoms with Gasteiger partial charge in [0, 0.05) is 34.8 Å². The zero-order chi connectivity index (χ0) is 39.6. The third-order valence-corrected chi connectivity index (χ3v) is 10.6. The van der Waals surface area contributed by atoms with Crippen molar-refractivity contribution in [1.29, 1.82) is 0 Å². The van der Waals surface area contributed by atoms with Crippen LogP contribution in [-0.4, -0.2) is 75.7 Å². The van der Waals surface area contributed by atoms with E-state index in [1.54, 1.807) is 0 Å². The zero-order valence-electron chi connectivity index (χ0n) is 34.2. The molecular weight excluding hydrogens is 676 g/mol. The molecule has 10 heteroatoms. The fourth-order valence-corrected chi connectivity index (χ4v) is 7.21. The van der Waals surface area contributed by atoms with Crippen LogP contribution in [0.1, 0.15) is 95.9 Å². The molecule has 2 fully saturated rings. The van der Waals surface area contributed by atoms with Gasteiger partial charge < -0.3 is 28.4 Å². The third-order valence-electron chi connectivity index (χ3n) is 10.6. The second-order valence-electron chi connectivity index (χ2n) is 19.3. The number of allylic oxidation sites excluding steroid dienone is 6. The molecule has 0 aromatic heterocycles. The van der Waals surface area contributed by atoms with E-state index in [-0.39, 0.29) is 59.3 Å². The minimum absolute atomic E-state index is 0.00820. The van der Waals surface area contributed by atoms with Gasteiger partial charge in [-0.2, -0.15) is 0 Å². The Balaban J connectivity index is 1.20. The van der Waals surface area contributed by atoms with Crippen molar-refractivity contribution in [3.63, 3.8) is 0 Å². The number of carbonyl (C=O) groups is 4. The van der Waals surface area contributed by atoms with Gasteiger partial charge in [-0.1, -0.05) is 107 Å². The molecule has 296 valence electrons. The summed E-state index contributed by atoms with van der Waals surface area (Å²) >= 11 is 0. The minimum Gasteiger partial charge on any atom is -0.462 e. The van der Waals surface area contributed by atoms with Crippen LogP contribution in [-0.2, 0) is 47.6 Å². The topological polar surface area (TPSA) is 124 Å². The predicted molar refractivity (Wildman–Crippen MR) is 201 cm³/mol. The lowest BCUT2D eigenvalue weighted by Gasteiger charge is -2.48. The molecule has 4 atom stereocenters. The van der Waals surface area contributed by atoms with Gasteiger partial charge in [-0.3, -0.25) is 9.59 Å². The van der Waals surface area contributed by atoms with E-state index in [1.165, 1.54) is 12.2 Å². The number of carbonyl (C=O) groups excluding carboxylic acids is 4. The molecule has 0 radical (unpaired) electrons. The number of ketones is 2. The highest BCUT2D eigenvalue weighted by Crippen LogP contribution is 2.40.